The molecule has 0 fully saturated rings. The van der Waals surface area contributed by atoms with Crippen LogP contribution in [-0.2, 0) is 0 Å². The molecule has 0 bridgehead atoms. The summed E-state index contributed by atoms with van der Waals surface area (Å²) in [7, 11) is 0. The quantitative estimate of drug-likeness (QED) is 0.625. The third kappa shape index (κ3) is 1.41. The zero-order valence-corrected chi connectivity index (χ0v) is 10.8. The van der Waals surface area contributed by atoms with Gasteiger partial charge in [-0.25, -0.2) is 4.79 Å². The second-order valence-electron chi connectivity index (χ2n) is 3.63. The summed E-state index contributed by atoms with van der Waals surface area (Å²) in [4.78, 5) is 11.8. The van der Waals surface area contributed by atoms with Crippen molar-refractivity contribution < 1.29 is 4.42 Å². The van der Waals surface area contributed by atoms with Crippen molar-refractivity contribution in [1.29, 1.82) is 0 Å². The van der Waals surface area contributed by atoms with Gasteiger partial charge in [-0.05, 0) is 31.2 Å². The summed E-state index contributed by atoms with van der Waals surface area (Å²) in [5, 5.41) is 1.65. The van der Waals surface area contributed by atoms with Crippen LogP contribution in [0.4, 0.5) is 0 Å². The topological polar surface area (TPSA) is 30.2 Å². The molecule has 4 heteroatoms. The van der Waals surface area contributed by atoms with E-state index in [1.54, 1.807) is 18.3 Å². The number of hydrogen-bond donors (Lipinski definition) is 0. The molecule has 0 amide bonds. The van der Waals surface area contributed by atoms with Crippen molar-refractivity contribution in [3.63, 3.8) is 0 Å². The molecule has 0 saturated carbocycles. The van der Waals surface area contributed by atoms with Crippen LogP contribution < -0.4 is 5.63 Å². The molecule has 0 unspecified atom stereocenters. The molecule has 0 atom stereocenters. The first-order valence-electron chi connectivity index (χ1n) is 4.77. The molecular weight excluding hydrogens is 288 g/mol. The van der Waals surface area contributed by atoms with Gasteiger partial charge < -0.3 is 4.42 Å². The normalized spacial score (nSPS) is 11.4. The van der Waals surface area contributed by atoms with Crippen LogP contribution in [-0.4, -0.2) is 0 Å². The minimum Gasteiger partial charge on any atom is -0.428 e. The number of fused-ring (bicyclic) bond motifs is 3. The first-order valence-corrected chi connectivity index (χ1v) is 6.38. The van der Waals surface area contributed by atoms with E-state index >= 15 is 0 Å². The second kappa shape index (κ2) is 3.43. The van der Waals surface area contributed by atoms with Crippen LogP contribution in [0.15, 0.2) is 37.9 Å². The van der Waals surface area contributed by atoms with Gasteiger partial charge in [-0.2, -0.15) is 0 Å². The van der Waals surface area contributed by atoms with E-state index in [4.69, 9.17) is 4.42 Å². The number of rotatable bonds is 0. The Labute approximate surface area is 104 Å². The molecule has 0 N–H and O–H groups in total. The standard InChI is InChI=1S/C12H7BrO2S/c1-6-4-10-11(12(14)15-6)8-5-7(13)2-3-9(8)16-10/h2-5H,1H3. The van der Waals surface area contributed by atoms with Gasteiger partial charge in [0.05, 0.1) is 5.39 Å². The Balaban J connectivity index is 2.63. The summed E-state index contributed by atoms with van der Waals surface area (Å²) in [6.45, 7) is 1.79. The summed E-state index contributed by atoms with van der Waals surface area (Å²) < 4.78 is 8.20. The molecule has 2 nitrogen and oxygen atoms in total. The van der Waals surface area contributed by atoms with Crippen LogP contribution in [0.2, 0.25) is 0 Å². The molecule has 1 aromatic carbocycles. The Morgan fingerprint density at radius 1 is 1.25 bits per heavy atom. The molecule has 0 radical (unpaired) electrons. The highest BCUT2D eigenvalue weighted by molar-refractivity contribution is 9.10. The monoisotopic (exact) mass is 294 g/mol. The van der Waals surface area contributed by atoms with Crippen LogP contribution in [0.3, 0.4) is 0 Å². The van der Waals surface area contributed by atoms with Gasteiger partial charge in [0.2, 0.25) is 0 Å². The Bertz CT molecular complexity index is 755. The summed E-state index contributed by atoms with van der Waals surface area (Å²) in [6.07, 6.45) is 0. The molecule has 0 saturated heterocycles. The van der Waals surface area contributed by atoms with Crippen molar-refractivity contribution in [1.82, 2.24) is 0 Å². The summed E-state index contributed by atoms with van der Waals surface area (Å²) >= 11 is 5.03. The Morgan fingerprint density at radius 3 is 2.88 bits per heavy atom. The molecule has 16 heavy (non-hydrogen) atoms. The zero-order valence-electron chi connectivity index (χ0n) is 8.41. The summed E-state index contributed by atoms with van der Waals surface area (Å²) in [6, 6.07) is 7.86. The van der Waals surface area contributed by atoms with E-state index in [0.717, 1.165) is 19.3 Å². The fraction of sp³-hybridized carbons (Fsp3) is 0.0833. The number of hydrogen-bond acceptors (Lipinski definition) is 3. The Kier molecular flexibility index (Phi) is 2.16. The molecular formula is C12H7BrO2S. The van der Waals surface area contributed by atoms with Gasteiger partial charge in [-0.1, -0.05) is 15.9 Å². The zero-order chi connectivity index (χ0) is 11.3. The van der Waals surface area contributed by atoms with E-state index < -0.39 is 0 Å². The van der Waals surface area contributed by atoms with Crippen molar-refractivity contribution >= 4 is 47.4 Å². The average molecular weight is 295 g/mol. The predicted molar refractivity (Wildman–Crippen MR) is 70.3 cm³/mol. The molecule has 0 aliphatic rings. The molecule has 80 valence electrons. The Hall–Kier alpha value is -1.13. The SMILES string of the molecule is Cc1cc2sc3ccc(Br)cc3c2c(=O)o1. The van der Waals surface area contributed by atoms with Gasteiger partial charge in [-0.3, -0.25) is 0 Å². The van der Waals surface area contributed by atoms with Gasteiger partial charge in [0.15, 0.2) is 0 Å². The molecule has 0 aliphatic carbocycles. The van der Waals surface area contributed by atoms with Gasteiger partial charge >= 0.3 is 5.63 Å². The van der Waals surface area contributed by atoms with Crippen LogP contribution in [0, 0.1) is 6.92 Å². The van der Waals surface area contributed by atoms with E-state index in [9.17, 15) is 4.79 Å². The van der Waals surface area contributed by atoms with E-state index in [2.05, 4.69) is 15.9 Å². The fourth-order valence-corrected chi connectivity index (χ4v) is 3.34. The van der Waals surface area contributed by atoms with Crippen LogP contribution in [0.25, 0.3) is 20.2 Å². The van der Waals surface area contributed by atoms with Crippen molar-refractivity contribution in [3.05, 3.63) is 44.9 Å². The Morgan fingerprint density at radius 2 is 2.06 bits per heavy atom. The third-order valence-electron chi connectivity index (χ3n) is 2.47. The van der Waals surface area contributed by atoms with Gasteiger partial charge in [0.1, 0.15) is 5.76 Å². The van der Waals surface area contributed by atoms with E-state index in [0.29, 0.717) is 11.1 Å². The summed E-state index contributed by atoms with van der Waals surface area (Å²) in [5.74, 6) is 0.656. The highest BCUT2D eigenvalue weighted by Crippen LogP contribution is 2.33. The smallest absolute Gasteiger partial charge is 0.345 e. The number of aryl methyl sites for hydroxylation is 1. The summed E-state index contributed by atoms with van der Waals surface area (Å²) in [5.41, 5.74) is -0.251. The van der Waals surface area contributed by atoms with E-state index in [1.165, 1.54) is 0 Å². The molecule has 0 spiro atoms. The maximum Gasteiger partial charge on any atom is 0.345 e. The highest BCUT2D eigenvalue weighted by Gasteiger charge is 2.10. The number of thiophene rings is 1. The molecule has 2 aromatic heterocycles. The lowest BCUT2D eigenvalue weighted by Gasteiger charge is -1.92. The first-order chi connectivity index (χ1) is 7.65. The minimum atomic E-state index is -0.251. The molecule has 3 rings (SSSR count). The van der Waals surface area contributed by atoms with Crippen molar-refractivity contribution in [2.45, 2.75) is 6.92 Å². The molecule has 0 aliphatic heterocycles. The van der Waals surface area contributed by atoms with Crippen molar-refractivity contribution in [2.24, 2.45) is 0 Å². The lowest BCUT2D eigenvalue weighted by molar-refractivity contribution is 0.489. The lowest BCUT2D eigenvalue weighted by atomic mass is 10.2. The van der Waals surface area contributed by atoms with Crippen molar-refractivity contribution in [3.8, 4) is 0 Å². The molecule has 2 heterocycles. The van der Waals surface area contributed by atoms with Gasteiger partial charge in [0.25, 0.3) is 0 Å². The second-order valence-corrected chi connectivity index (χ2v) is 5.63. The fourth-order valence-electron chi connectivity index (χ4n) is 1.81. The maximum atomic E-state index is 11.8. The predicted octanol–water partition coefficient (Wildman–Crippen LogP) is 4.08. The third-order valence-corrected chi connectivity index (χ3v) is 4.08. The van der Waals surface area contributed by atoms with Gasteiger partial charge in [-0.15, -0.1) is 11.3 Å². The minimum absolute atomic E-state index is 0.251. The number of halogens is 1. The average Bonchev–Trinajstić information content (AvgIpc) is 2.54. The highest BCUT2D eigenvalue weighted by atomic mass is 79.9. The van der Waals surface area contributed by atoms with Crippen LogP contribution >= 0.6 is 27.3 Å². The van der Waals surface area contributed by atoms with E-state index in [1.807, 2.05) is 24.3 Å². The van der Waals surface area contributed by atoms with E-state index in [-0.39, 0.29) is 5.63 Å². The first kappa shape index (κ1) is 10.1. The van der Waals surface area contributed by atoms with Crippen LogP contribution in [0.5, 0.6) is 0 Å². The van der Waals surface area contributed by atoms with Gasteiger partial charge in [0, 0.05) is 19.3 Å². The van der Waals surface area contributed by atoms with Crippen LogP contribution in [0.1, 0.15) is 5.76 Å². The lowest BCUT2D eigenvalue weighted by Crippen LogP contribution is -1.98. The number of benzene rings is 1. The van der Waals surface area contributed by atoms with Crippen molar-refractivity contribution in [2.75, 3.05) is 0 Å². The molecule has 3 aromatic rings. The maximum absolute atomic E-state index is 11.8. The largest absolute Gasteiger partial charge is 0.428 e.